The number of fused-ring (bicyclic) bond motifs is 2. The topological polar surface area (TPSA) is 65.5 Å². The molecule has 0 radical (unpaired) electrons. The summed E-state index contributed by atoms with van der Waals surface area (Å²) >= 11 is 0. The zero-order chi connectivity index (χ0) is 17.3. The van der Waals surface area contributed by atoms with Crippen LogP contribution in [0.3, 0.4) is 0 Å². The first-order valence-electron chi connectivity index (χ1n) is 8.48. The van der Waals surface area contributed by atoms with Crippen molar-refractivity contribution >= 4 is 12.6 Å². The van der Waals surface area contributed by atoms with E-state index in [2.05, 4.69) is 11.1 Å². The molecule has 128 valence electrons. The van der Waals surface area contributed by atoms with Gasteiger partial charge in [0.2, 0.25) is 5.88 Å². The average Bonchev–Trinajstić information content (AvgIpc) is 3.40. The van der Waals surface area contributed by atoms with Crippen LogP contribution in [0.1, 0.15) is 41.9 Å². The first-order valence-corrected chi connectivity index (χ1v) is 8.48. The molecule has 1 aliphatic carbocycles. The number of aromatic nitrogens is 1. The molecule has 5 heteroatoms. The molecule has 2 heterocycles. The van der Waals surface area contributed by atoms with E-state index in [1.807, 2.05) is 12.1 Å². The van der Waals surface area contributed by atoms with Crippen LogP contribution in [0, 0.1) is 0 Å². The molecule has 5 nitrogen and oxygen atoms in total. The smallest absolute Gasteiger partial charge is 0.219 e. The van der Waals surface area contributed by atoms with Gasteiger partial charge in [-0.1, -0.05) is 18.2 Å². The van der Waals surface area contributed by atoms with E-state index in [0.717, 1.165) is 43.3 Å². The third kappa shape index (κ3) is 2.96. The summed E-state index contributed by atoms with van der Waals surface area (Å²) in [6.07, 6.45) is 5.54. The molecule has 4 rings (SSSR count). The van der Waals surface area contributed by atoms with Crippen molar-refractivity contribution in [3.63, 3.8) is 0 Å². The normalized spacial score (nSPS) is 18.2. The number of aldehydes is 2. The number of rotatable bonds is 6. The minimum Gasteiger partial charge on any atom is -0.439 e. The van der Waals surface area contributed by atoms with Gasteiger partial charge in [-0.3, -0.25) is 0 Å². The number of carbonyl (C=O) groups excluding carboxylic acids is 2. The van der Waals surface area contributed by atoms with E-state index in [1.54, 1.807) is 18.3 Å². The van der Waals surface area contributed by atoms with Crippen LogP contribution in [0.5, 0.6) is 11.6 Å². The van der Waals surface area contributed by atoms with Crippen LogP contribution in [0.4, 0.5) is 0 Å². The van der Waals surface area contributed by atoms with Gasteiger partial charge in [0.25, 0.3) is 0 Å². The third-order valence-electron chi connectivity index (χ3n) is 5.05. The van der Waals surface area contributed by atoms with Gasteiger partial charge in [-0.2, -0.15) is 0 Å². The molecule has 1 atom stereocenters. The Balaban J connectivity index is 1.59. The van der Waals surface area contributed by atoms with Crippen LogP contribution < -0.4 is 4.74 Å². The quantitative estimate of drug-likeness (QED) is 0.757. The Morgan fingerprint density at radius 2 is 2.12 bits per heavy atom. The number of nitrogens with zero attached hydrogens (tertiary/aromatic N) is 1. The molecule has 1 aromatic carbocycles. The lowest BCUT2D eigenvalue weighted by Gasteiger charge is -2.27. The molecule has 1 fully saturated rings. The Morgan fingerprint density at radius 1 is 1.24 bits per heavy atom. The molecule has 1 unspecified atom stereocenters. The summed E-state index contributed by atoms with van der Waals surface area (Å²) in [6.45, 7) is 1.37. The van der Waals surface area contributed by atoms with Crippen LogP contribution in [0.2, 0.25) is 0 Å². The average molecular weight is 337 g/mol. The Bertz CT molecular complexity index is 796. The van der Waals surface area contributed by atoms with Crippen molar-refractivity contribution in [2.75, 3.05) is 6.61 Å². The first kappa shape index (κ1) is 16.0. The minimum atomic E-state index is -0.449. The van der Waals surface area contributed by atoms with E-state index in [9.17, 15) is 9.59 Å². The Kier molecular flexibility index (Phi) is 4.09. The van der Waals surface area contributed by atoms with Crippen LogP contribution >= 0.6 is 0 Å². The lowest BCUT2D eigenvalue weighted by molar-refractivity contribution is -0.113. The van der Waals surface area contributed by atoms with Crippen LogP contribution in [0.25, 0.3) is 0 Å². The highest BCUT2D eigenvalue weighted by molar-refractivity contribution is 5.68. The highest BCUT2D eigenvalue weighted by atomic mass is 16.5. The van der Waals surface area contributed by atoms with E-state index in [0.29, 0.717) is 12.5 Å². The molecule has 0 amide bonds. The van der Waals surface area contributed by atoms with Gasteiger partial charge in [-0.25, -0.2) is 4.98 Å². The van der Waals surface area contributed by atoms with Gasteiger partial charge >= 0.3 is 0 Å². The second kappa shape index (κ2) is 6.41. The Labute approximate surface area is 146 Å². The van der Waals surface area contributed by atoms with Gasteiger partial charge in [-0.05, 0) is 30.0 Å². The summed E-state index contributed by atoms with van der Waals surface area (Å²) in [6, 6.07) is 9.57. The Morgan fingerprint density at radius 3 is 2.80 bits per heavy atom. The van der Waals surface area contributed by atoms with Crippen LogP contribution in [0.15, 0.2) is 36.5 Å². The molecule has 0 saturated heterocycles. The maximum absolute atomic E-state index is 11.1. The number of pyridine rings is 1. The molecule has 1 aromatic heterocycles. The van der Waals surface area contributed by atoms with Gasteiger partial charge in [0.05, 0.1) is 13.2 Å². The number of ether oxygens (including phenoxy) is 2. The molecular weight excluding hydrogens is 318 g/mol. The van der Waals surface area contributed by atoms with Crippen molar-refractivity contribution in [3.8, 4) is 11.6 Å². The second-order valence-corrected chi connectivity index (χ2v) is 6.74. The van der Waals surface area contributed by atoms with Crippen molar-refractivity contribution in [3.05, 3.63) is 53.2 Å². The van der Waals surface area contributed by atoms with E-state index in [4.69, 9.17) is 9.47 Å². The molecule has 1 saturated carbocycles. The van der Waals surface area contributed by atoms with E-state index < -0.39 is 5.92 Å². The molecule has 0 N–H and O–H groups in total. The van der Waals surface area contributed by atoms with E-state index >= 15 is 0 Å². The van der Waals surface area contributed by atoms with E-state index in [1.165, 1.54) is 11.1 Å². The van der Waals surface area contributed by atoms with Crippen molar-refractivity contribution in [1.82, 2.24) is 4.98 Å². The van der Waals surface area contributed by atoms with Gasteiger partial charge in [0.1, 0.15) is 18.3 Å². The third-order valence-corrected chi connectivity index (χ3v) is 5.05. The van der Waals surface area contributed by atoms with Crippen molar-refractivity contribution in [1.29, 1.82) is 0 Å². The number of benzene rings is 1. The fraction of sp³-hybridized carbons (Fsp3) is 0.350. The summed E-state index contributed by atoms with van der Waals surface area (Å²) in [7, 11) is 0. The van der Waals surface area contributed by atoms with Crippen molar-refractivity contribution in [2.24, 2.45) is 0 Å². The molecule has 25 heavy (non-hydrogen) atoms. The maximum atomic E-state index is 11.1. The van der Waals surface area contributed by atoms with Crippen LogP contribution in [-0.2, 0) is 26.3 Å². The number of carbonyl (C=O) groups is 2. The molecule has 2 aromatic rings. The molecule has 0 bridgehead atoms. The first-order chi connectivity index (χ1) is 12.3. The monoisotopic (exact) mass is 337 g/mol. The predicted molar refractivity (Wildman–Crippen MR) is 90.8 cm³/mol. The molecule has 1 spiro atoms. The SMILES string of the molecule is O=CCC(C=O)c1ccc(Oc2cccc3c2C2(CC2)COC3)nc1. The minimum absolute atomic E-state index is 0.108. The fourth-order valence-electron chi connectivity index (χ4n) is 3.52. The molecule has 1 aliphatic heterocycles. The van der Waals surface area contributed by atoms with Crippen molar-refractivity contribution < 1.29 is 19.1 Å². The number of hydrogen-bond acceptors (Lipinski definition) is 5. The summed E-state index contributed by atoms with van der Waals surface area (Å²) in [4.78, 5) is 26.0. The second-order valence-electron chi connectivity index (χ2n) is 6.74. The summed E-state index contributed by atoms with van der Waals surface area (Å²) in [5.74, 6) is 0.865. The fourth-order valence-corrected chi connectivity index (χ4v) is 3.52. The highest BCUT2D eigenvalue weighted by Gasteiger charge is 2.49. The van der Waals surface area contributed by atoms with Gasteiger partial charge < -0.3 is 19.1 Å². The Hall–Kier alpha value is -2.53. The highest BCUT2D eigenvalue weighted by Crippen LogP contribution is 2.55. The van der Waals surface area contributed by atoms with E-state index in [-0.39, 0.29) is 11.8 Å². The van der Waals surface area contributed by atoms with Gasteiger partial charge in [0, 0.05) is 35.6 Å². The zero-order valence-electron chi connectivity index (χ0n) is 13.8. The van der Waals surface area contributed by atoms with Crippen LogP contribution in [-0.4, -0.2) is 24.2 Å². The summed E-state index contributed by atoms with van der Waals surface area (Å²) < 4.78 is 11.8. The lowest BCUT2D eigenvalue weighted by Crippen LogP contribution is -2.23. The van der Waals surface area contributed by atoms with Gasteiger partial charge in [-0.15, -0.1) is 0 Å². The molecular formula is C20H19NO4. The largest absolute Gasteiger partial charge is 0.439 e. The molecule has 2 aliphatic rings. The van der Waals surface area contributed by atoms with Crippen molar-refractivity contribution in [2.45, 2.75) is 37.2 Å². The zero-order valence-corrected chi connectivity index (χ0v) is 13.8. The predicted octanol–water partition coefficient (Wildman–Crippen LogP) is 3.31. The van der Waals surface area contributed by atoms with Gasteiger partial charge in [0.15, 0.2) is 0 Å². The summed E-state index contributed by atoms with van der Waals surface area (Å²) in [5, 5.41) is 0. The lowest BCUT2D eigenvalue weighted by atomic mass is 9.89. The summed E-state index contributed by atoms with van der Waals surface area (Å²) in [5.41, 5.74) is 3.26. The maximum Gasteiger partial charge on any atom is 0.219 e. The number of hydrogen-bond donors (Lipinski definition) is 0. The standard InChI is InChI=1S/C20H19NO4/c22-9-6-15(11-23)14-4-5-18(21-10-14)25-17-3-1-2-16-12-24-13-20(7-8-20)19(16)17/h1-5,9-11,15H,6-8,12-13H2.